The zero-order valence-corrected chi connectivity index (χ0v) is 13.1. The van der Waals surface area contributed by atoms with Gasteiger partial charge in [0.1, 0.15) is 11.6 Å². The molecule has 0 aromatic heterocycles. The molecule has 3 aliphatic rings. The molecule has 4 rings (SSSR count). The molecule has 1 aliphatic heterocycles. The number of likely N-dealkylation sites (tertiary alicyclic amines) is 1. The van der Waals surface area contributed by atoms with E-state index in [9.17, 15) is 8.78 Å². The Bertz CT molecular complexity index is 768. The fraction of sp³-hybridized carbons (Fsp3) is 0.368. The van der Waals surface area contributed by atoms with E-state index in [1.54, 1.807) is 0 Å². The number of piperidine rings is 1. The van der Waals surface area contributed by atoms with Crippen molar-refractivity contribution < 1.29 is 8.78 Å². The molecule has 0 saturated carbocycles. The van der Waals surface area contributed by atoms with Crippen molar-refractivity contribution in [2.45, 2.75) is 20.3 Å². The third-order valence-electron chi connectivity index (χ3n) is 5.04. The largest absolute Gasteiger partial charge is 0.377 e. The van der Waals surface area contributed by atoms with Crippen molar-refractivity contribution in [3.05, 3.63) is 58.3 Å². The van der Waals surface area contributed by atoms with Crippen LogP contribution in [0, 0.1) is 23.0 Å². The molecule has 0 bridgehead atoms. The second-order valence-corrected chi connectivity index (χ2v) is 7.37. The molecule has 1 fully saturated rings. The molecule has 1 aromatic rings. The van der Waals surface area contributed by atoms with E-state index in [1.807, 2.05) is 12.2 Å². The van der Waals surface area contributed by atoms with Gasteiger partial charge < -0.3 is 4.90 Å². The number of nitrogens with zero attached hydrogens (tertiary/aromatic N) is 1. The van der Waals surface area contributed by atoms with Crippen molar-refractivity contribution in [2.24, 2.45) is 11.3 Å². The third kappa shape index (κ3) is 1.81. The number of benzene rings is 1. The second-order valence-electron chi connectivity index (χ2n) is 7.37. The first-order valence-electron chi connectivity index (χ1n) is 7.71. The number of halogens is 2. The molecule has 22 heavy (non-hydrogen) atoms. The molecule has 1 saturated heterocycles. The van der Waals surface area contributed by atoms with Crippen molar-refractivity contribution in [3.63, 3.8) is 0 Å². The van der Waals surface area contributed by atoms with Crippen LogP contribution in [0.15, 0.2) is 35.6 Å². The molecule has 1 unspecified atom stereocenters. The van der Waals surface area contributed by atoms with Gasteiger partial charge in [-0.3, -0.25) is 0 Å². The number of allylic oxidation sites excluding steroid dienone is 4. The van der Waals surface area contributed by atoms with E-state index in [0.29, 0.717) is 11.1 Å². The summed E-state index contributed by atoms with van der Waals surface area (Å²) in [5, 5.41) is 0. The quantitative estimate of drug-likeness (QED) is 0.675. The molecule has 3 heteroatoms. The van der Waals surface area contributed by atoms with Crippen molar-refractivity contribution in [2.75, 3.05) is 13.6 Å². The Labute approximate surface area is 129 Å². The van der Waals surface area contributed by atoms with E-state index >= 15 is 0 Å². The number of fused-ring (bicyclic) bond motifs is 5. The maximum Gasteiger partial charge on any atom is 0.131 e. The Hall–Kier alpha value is -1.90. The van der Waals surface area contributed by atoms with E-state index in [4.69, 9.17) is 0 Å². The van der Waals surface area contributed by atoms with Gasteiger partial charge in [0.05, 0.1) is 0 Å². The van der Waals surface area contributed by atoms with Crippen LogP contribution in [0.2, 0.25) is 0 Å². The summed E-state index contributed by atoms with van der Waals surface area (Å²) in [6.45, 7) is 5.51. The molecule has 1 aromatic carbocycles. The Kier molecular flexibility index (Phi) is 2.69. The molecule has 1 heterocycles. The molecule has 1 nitrogen and oxygen atoms in total. The predicted octanol–water partition coefficient (Wildman–Crippen LogP) is 4.62. The summed E-state index contributed by atoms with van der Waals surface area (Å²) in [6.07, 6.45) is 6.88. The van der Waals surface area contributed by atoms with Crippen molar-refractivity contribution >= 4 is 11.6 Å². The van der Waals surface area contributed by atoms with E-state index in [2.05, 4.69) is 31.9 Å². The average Bonchev–Trinajstić information content (AvgIpc) is 2.83. The van der Waals surface area contributed by atoms with Crippen LogP contribution in [-0.2, 0) is 0 Å². The first-order chi connectivity index (χ1) is 10.4. The lowest BCUT2D eigenvalue weighted by molar-refractivity contribution is 0.154. The van der Waals surface area contributed by atoms with E-state index in [-0.39, 0.29) is 23.0 Å². The van der Waals surface area contributed by atoms with Gasteiger partial charge in [0.25, 0.3) is 0 Å². The molecule has 0 N–H and O–H groups in total. The molecule has 0 spiro atoms. The van der Waals surface area contributed by atoms with Crippen LogP contribution >= 0.6 is 0 Å². The summed E-state index contributed by atoms with van der Waals surface area (Å²) >= 11 is 0. The molecular formula is C19H19F2N. The highest BCUT2D eigenvalue weighted by Gasteiger charge is 2.41. The van der Waals surface area contributed by atoms with Crippen LogP contribution in [0.5, 0.6) is 0 Å². The minimum atomic E-state index is -0.343. The number of hydrogen-bond donors (Lipinski definition) is 0. The van der Waals surface area contributed by atoms with Crippen LogP contribution in [0.1, 0.15) is 31.4 Å². The van der Waals surface area contributed by atoms with Crippen LogP contribution in [0.25, 0.3) is 11.6 Å². The fourth-order valence-electron chi connectivity index (χ4n) is 4.23. The maximum atomic E-state index is 14.2. The van der Waals surface area contributed by atoms with Gasteiger partial charge in [0.15, 0.2) is 0 Å². The number of rotatable bonds is 0. The highest BCUT2D eigenvalue weighted by molar-refractivity contribution is 5.97. The molecule has 0 radical (unpaired) electrons. The molecule has 1 atom stereocenters. The van der Waals surface area contributed by atoms with Gasteiger partial charge in [0.2, 0.25) is 0 Å². The summed E-state index contributed by atoms with van der Waals surface area (Å²) in [5.74, 6) is -0.460. The predicted molar refractivity (Wildman–Crippen MR) is 84.9 cm³/mol. The second kappa shape index (κ2) is 4.31. The lowest BCUT2D eigenvalue weighted by Gasteiger charge is -2.45. The van der Waals surface area contributed by atoms with E-state index in [1.165, 1.54) is 17.8 Å². The molecule has 2 aliphatic carbocycles. The standard InChI is InChI=1S/C19H19F2N/c1-19(2)9-14-12-8-13-15(20)5-6-16(21)18(13)11(12)4-7-17(14)22(3)10-19/h4-8,14H,9-10H2,1-3H3. The SMILES string of the molecule is CN1CC(C)(C)CC2C3=Cc4c(F)ccc(F)c4C3=CC=C21. The van der Waals surface area contributed by atoms with Gasteiger partial charge in [-0.15, -0.1) is 0 Å². The van der Waals surface area contributed by atoms with Crippen molar-refractivity contribution in [1.82, 2.24) is 4.90 Å². The first-order valence-corrected chi connectivity index (χ1v) is 7.71. The minimum absolute atomic E-state index is 0.186. The smallest absolute Gasteiger partial charge is 0.131 e. The highest BCUT2D eigenvalue weighted by Crippen LogP contribution is 2.51. The third-order valence-corrected chi connectivity index (χ3v) is 5.04. The van der Waals surface area contributed by atoms with Crippen molar-refractivity contribution in [3.8, 4) is 0 Å². The summed E-state index contributed by atoms with van der Waals surface area (Å²) < 4.78 is 28.3. The Morgan fingerprint density at radius 2 is 1.86 bits per heavy atom. The van der Waals surface area contributed by atoms with Crippen LogP contribution in [0.4, 0.5) is 8.78 Å². The van der Waals surface area contributed by atoms with Crippen LogP contribution in [-0.4, -0.2) is 18.5 Å². The normalized spacial score (nSPS) is 24.9. The molecule has 0 amide bonds. The monoisotopic (exact) mass is 299 g/mol. The topological polar surface area (TPSA) is 3.24 Å². The van der Waals surface area contributed by atoms with Gasteiger partial charge >= 0.3 is 0 Å². The molecule has 114 valence electrons. The Morgan fingerprint density at radius 3 is 2.64 bits per heavy atom. The lowest BCUT2D eigenvalue weighted by Crippen LogP contribution is -2.42. The van der Waals surface area contributed by atoms with Gasteiger partial charge in [-0.25, -0.2) is 8.78 Å². The van der Waals surface area contributed by atoms with Crippen molar-refractivity contribution in [1.29, 1.82) is 0 Å². The number of hydrogen-bond acceptors (Lipinski definition) is 1. The summed E-state index contributed by atoms with van der Waals surface area (Å²) in [6, 6.07) is 2.44. The zero-order valence-electron chi connectivity index (χ0n) is 13.1. The fourth-order valence-corrected chi connectivity index (χ4v) is 4.23. The van der Waals surface area contributed by atoms with Gasteiger partial charge in [-0.2, -0.15) is 0 Å². The minimum Gasteiger partial charge on any atom is -0.377 e. The highest BCUT2D eigenvalue weighted by atomic mass is 19.1. The van der Waals surface area contributed by atoms with E-state index in [0.717, 1.165) is 24.1 Å². The first kappa shape index (κ1) is 13.7. The molecular weight excluding hydrogens is 280 g/mol. The van der Waals surface area contributed by atoms with Crippen LogP contribution in [0.3, 0.4) is 0 Å². The van der Waals surface area contributed by atoms with Crippen LogP contribution < -0.4 is 0 Å². The Balaban J connectivity index is 1.88. The summed E-state index contributed by atoms with van der Waals surface area (Å²) in [5.41, 5.74) is 4.19. The van der Waals surface area contributed by atoms with Gasteiger partial charge in [-0.1, -0.05) is 19.9 Å². The van der Waals surface area contributed by atoms with Gasteiger partial charge in [-0.05, 0) is 47.3 Å². The zero-order chi connectivity index (χ0) is 15.6. The maximum absolute atomic E-state index is 14.2. The average molecular weight is 299 g/mol. The van der Waals surface area contributed by atoms with Gasteiger partial charge in [0, 0.05) is 36.3 Å². The Morgan fingerprint density at radius 1 is 1.14 bits per heavy atom. The van der Waals surface area contributed by atoms with E-state index < -0.39 is 0 Å². The lowest BCUT2D eigenvalue weighted by atomic mass is 9.71. The summed E-state index contributed by atoms with van der Waals surface area (Å²) in [4.78, 5) is 2.28. The summed E-state index contributed by atoms with van der Waals surface area (Å²) in [7, 11) is 2.10.